The van der Waals surface area contributed by atoms with Crippen molar-refractivity contribution in [1.29, 1.82) is 0 Å². The van der Waals surface area contributed by atoms with Gasteiger partial charge in [-0.15, -0.1) is 0 Å². The number of alkyl halides is 2. The number of nitrogens with zero attached hydrogens (tertiary/aromatic N) is 1. The van der Waals surface area contributed by atoms with Gasteiger partial charge in [0.2, 0.25) is 0 Å². The maximum absolute atomic E-state index is 12.4. The second kappa shape index (κ2) is 9.86. The molecule has 1 atom stereocenters. The van der Waals surface area contributed by atoms with Crippen LogP contribution in [0, 0.1) is 0 Å². The zero-order valence-corrected chi connectivity index (χ0v) is 14.0. The SMILES string of the molecule is CCOc1cc(CNC(=NC)NC(C)CC)ccc1OC(F)F. The highest BCUT2D eigenvalue weighted by Gasteiger charge is 2.12. The van der Waals surface area contributed by atoms with Crippen LogP contribution in [0.5, 0.6) is 11.5 Å². The van der Waals surface area contributed by atoms with E-state index in [0.29, 0.717) is 30.9 Å². The minimum Gasteiger partial charge on any atom is -0.490 e. The average molecular weight is 329 g/mol. The van der Waals surface area contributed by atoms with E-state index in [9.17, 15) is 8.78 Å². The number of benzene rings is 1. The second-order valence-electron chi connectivity index (χ2n) is 4.97. The Morgan fingerprint density at radius 3 is 2.57 bits per heavy atom. The van der Waals surface area contributed by atoms with Crippen molar-refractivity contribution in [2.24, 2.45) is 4.99 Å². The highest BCUT2D eigenvalue weighted by atomic mass is 19.3. The molecule has 23 heavy (non-hydrogen) atoms. The Kier molecular flexibility index (Phi) is 8.15. The Morgan fingerprint density at radius 2 is 2.00 bits per heavy atom. The summed E-state index contributed by atoms with van der Waals surface area (Å²) in [6.07, 6.45) is 0.981. The van der Waals surface area contributed by atoms with Crippen LogP contribution in [-0.4, -0.2) is 32.3 Å². The molecule has 0 spiro atoms. The summed E-state index contributed by atoms with van der Waals surface area (Å²) in [6.45, 7) is 3.92. The van der Waals surface area contributed by atoms with Gasteiger partial charge in [-0.2, -0.15) is 8.78 Å². The summed E-state index contributed by atoms with van der Waals surface area (Å²) in [5, 5.41) is 6.42. The van der Waals surface area contributed by atoms with E-state index in [1.54, 1.807) is 26.1 Å². The molecular weight excluding hydrogens is 304 g/mol. The Balaban J connectivity index is 2.74. The molecule has 1 aromatic carbocycles. The van der Waals surface area contributed by atoms with Crippen LogP contribution in [0.4, 0.5) is 8.78 Å². The van der Waals surface area contributed by atoms with E-state index in [-0.39, 0.29) is 5.75 Å². The molecule has 5 nitrogen and oxygen atoms in total. The van der Waals surface area contributed by atoms with Crippen molar-refractivity contribution in [2.45, 2.75) is 46.4 Å². The topological polar surface area (TPSA) is 54.9 Å². The van der Waals surface area contributed by atoms with Crippen LogP contribution in [0.1, 0.15) is 32.8 Å². The van der Waals surface area contributed by atoms with Crippen LogP contribution in [0.15, 0.2) is 23.2 Å². The van der Waals surface area contributed by atoms with Gasteiger partial charge in [0.1, 0.15) is 0 Å². The van der Waals surface area contributed by atoms with Gasteiger partial charge in [-0.25, -0.2) is 0 Å². The Hall–Kier alpha value is -2.05. The molecule has 0 aliphatic heterocycles. The molecule has 2 N–H and O–H groups in total. The molecular formula is C16H25F2N3O2. The third-order valence-corrected chi connectivity index (χ3v) is 3.20. The lowest BCUT2D eigenvalue weighted by molar-refractivity contribution is -0.0514. The number of hydrogen-bond acceptors (Lipinski definition) is 3. The van der Waals surface area contributed by atoms with Crippen molar-refractivity contribution in [2.75, 3.05) is 13.7 Å². The number of aliphatic imine (C=N–C) groups is 1. The summed E-state index contributed by atoms with van der Waals surface area (Å²) >= 11 is 0. The van der Waals surface area contributed by atoms with Crippen molar-refractivity contribution >= 4 is 5.96 Å². The van der Waals surface area contributed by atoms with Crippen LogP contribution in [-0.2, 0) is 6.54 Å². The predicted octanol–water partition coefficient (Wildman–Crippen LogP) is 3.15. The molecule has 0 aliphatic carbocycles. The number of hydrogen-bond donors (Lipinski definition) is 2. The Bertz CT molecular complexity index is 510. The Labute approximate surface area is 136 Å². The van der Waals surface area contributed by atoms with Crippen molar-refractivity contribution in [3.05, 3.63) is 23.8 Å². The normalized spacial score (nSPS) is 12.9. The minimum atomic E-state index is -2.88. The molecule has 0 fully saturated rings. The first-order valence-corrected chi connectivity index (χ1v) is 7.67. The van der Waals surface area contributed by atoms with Gasteiger partial charge in [0.25, 0.3) is 0 Å². The van der Waals surface area contributed by atoms with E-state index in [1.165, 1.54) is 6.07 Å². The van der Waals surface area contributed by atoms with Crippen molar-refractivity contribution in [3.63, 3.8) is 0 Å². The minimum absolute atomic E-state index is 0.0349. The summed E-state index contributed by atoms with van der Waals surface area (Å²) in [6, 6.07) is 5.19. The third kappa shape index (κ3) is 6.71. The predicted molar refractivity (Wildman–Crippen MR) is 87.3 cm³/mol. The molecule has 130 valence electrons. The van der Waals surface area contributed by atoms with Crippen LogP contribution >= 0.6 is 0 Å². The van der Waals surface area contributed by atoms with Gasteiger partial charge in [-0.05, 0) is 38.0 Å². The number of guanidine groups is 1. The lowest BCUT2D eigenvalue weighted by atomic mass is 10.2. The molecule has 0 aromatic heterocycles. The van der Waals surface area contributed by atoms with Gasteiger partial charge in [0.05, 0.1) is 6.61 Å². The number of nitrogens with one attached hydrogen (secondary N) is 2. The first-order chi connectivity index (χ1) is 11.0. The van der Waals surface area contributed by atoms with E-state index in [2.05, 4.69) is 34.2 Å². The van der Waals surface area contributed by atoms with Gasteiger partial charge in [-0.3, -0.25) is 4.99 Å². The zero-order valence-electron chi connectivity index (χ0n) is 14.0. The van der Waals surface area contributed by atoms with E-state index in [4.69, 9.17) is 4.74 Å². The number of halogens is 2. The fraction of sp³-hybridized carbons (Fsp3) is 0.562. The second-order valence-corrected chi connectivity index (χ2v) is 4.97. The highest BCUT2D eigenvalue weighted by molar-refractivity contribution is 5.79. The molecule has 7 heteroatoms. The van der Waals surface area contributed by atoms with Crippen LogP contribution in [0.25, 0.3) is 0 Å². The van der Waals surface area contributed by atoms with Gasteiger partial charge in [-0.1, -0.05) is 13.0 Å². The van der Waals surface area contributed by atoms with Crippen LogP contribution in [0.2, 0.25) is 0 Å². The van der Waals surface area contributed by atoms with Crippen LogP contribution in [0.3, 0.4) is 0 Å². The molecule has 0 bridgehead atoms. The van der Waals surface area contributed by atoms with Gasteiger partial charge < -0.3 is 20.1 Å². The molecule has 1 aromatic rings. The van der Waals surface area contributed by atoms with E-state index < -0.39 is 6.61 Å². The number of rotatable bonds is 8. The maximum atomic E-state index is 12.4. The molecule has 1 unspecified atom stereocenters. The summed E-state index contributed by atoms with van der Waals surface area (Å²) in [5.41, 5.74) is 0.877. The lowest BCUT2D eigenvalue weighted by Crippen LogP contribution is -2.41. The molecule has 0 saturated carbocycles. The average Bonchev–Trinajstić information content (AvgIpc) is 2.53. The summed E-state index contributed by atoms with van der Waals surface area (Å²) in [7, 11) is 1.70. The Morgan fingerprint density at radius 1 is 1.26 bits per heavy atom. The lowest BCUT2D eigenvalue weighted by Gasteiger charge is -2.17. The van der Waals surface area contributed by atoms with Gasteiger partial charge in [0, 0.05) is 19.6 Å². The van der Waals surface area contributed by atoms with Crippen molar-refractivity contribution in [1.82, 2.24) is 10.6 Å². The fourth-order valence-corrected chi connectivity index (χ4v) is 1.84. The summed E-state index contributed by atoms with van der Waals surface area (Å²) in [5.74, 6) is 1.02. The molecule has 0 heterocycles. The standard InChI is InChI=1S/C16H25F2N3O2/c1-5-11(3)21-16(19-4)20-10-12-7-8-13(23-15(17)18)14(9-12)22-6-2/h7-9,11,15H,5-6,10H2,1-4H3,(H2,19,20,21). The monoisotopic (exact) mass is 329 g/mol. The first kappa shape index (κ1) is 19.0. The quantitative estimate of drug-likeness (QED) is 0.568. The summed E-state index contributed by atoms with van der Waals surface area (Å²) in [4.78, 5) is 4.15. The zero-order chi connectivity index (χ0) is 17.2. The fourth-order valence-electron chi connectivity index (χ4n) is 1.84. The van der Waals surface area contributed by atoms with Crippen molar-refractivity contribution in [3.8, 4) is 11.5 Å². The first-order valence-electron chi connectivity index (χ1n) is 7.67. The molecule has 0 amide bonds. The van der Waals surface area contributed by atoms with E-state index >= 15 is 0 Å². The van der Waals surface area contributed by atoms with Gasteiger partial charge in [0.15, 0.2) is 17.5 Å². The maximum Gasteiger partial charge on any atom is 0.387 e. The van der Waals surface area contributed by atoms with Crippen molar-refractivity contribution < 1.29 is 18.3 Å². The summed E-state index contributed by atoms with van der Waals surface area (Å²) < 4.78 is 34.6. The smallest absolute Gasteiger partial charge is 0.387 e. The van der Waals surface area contributed by atoms with E-state index in [0.717, 1.165) is 12.0 Å². The molecule has 0 saturated heterocycles. The highest BCUT2D eigenvalue weighted by Crippen LogP contribution is 2.29. The third-order valence-electron chi connectivity index (χ3n) is 3.20. The largest absolute Gasteiger partial charge is 0.490 e. The van der Waals surface area contributed by atoms with E-state index in [1.807, 2.05) is 0 Å². The molecule has 1 rings (SSSR count). The van der Waals surface area contributed by atoms with Gasteiger partial charge >= 0.3 is 6.61 Å². The number of ether oxygens (including phenoxy) is 2. The van der Waals surface area contributed by atoms with Crippen LogP contribution < -0.4 is 20.1 Å². The molecule has 0 radical (unpaired) electrons. The molecule has 0 aliphatic rings.